The van der Waals surface area contributed by atoms with Crippen LogP contribution in [0.3, 0.4) is 0 Å². The first-order valence-electron chi connectivity index (χ1n) is 5.76. The molecular formula is C14H19BrO. The van der Waals surface area contributed by atoms with Crippen molar-refractivity contribution in [1.82, 2.24) is 0 Å². The van der Waals surface area contributed by atoms with Crippen LogP contribution in [0, 0.1) is 13.8 Å². The smallest absolute Gasteiger partial charge is 0.133 e. The van der Waals surface area contributed by atoms with Gasteiger partial charge in [-0.15, -0.1) is 0 Å². The standard InChI is InChI=1S/C14H19BrO/c1-11-8-12(2)10-13(9-11)5-6-14(16)4-3-7-15/h8-10H,3-7H2,1-2H3. The van der Waals surface area contributed by atoms with Crippen LogP contribution in [0.5, 0.6) is 0 Å². The molecule has 0 radical (unpaired) electrons. The Kier molecular flexibility index (Phi) is 5.75. The molecule has 0 aromatic heterocycles. The maximum absolute atomic E-state index is 11.5. The monoisotopic (exact) mass is 282 g/mol. The van der Waals surface area contributed by atoms with E-state index < -0.39 is 0 Å². The Hall–Kier alpha value is -0.630. The zero-order chi connectivity index (χ0) is 12.0. The van der Waals surface area contributed by atoms with Gasteiger partial charge in [-0.1, -0.05) is 45.3 Å². The first-order chi connectivity index (χ1) is 7.61. The first kappa shape index (κ1) is 13.4. The number of carbonyl (C=O) groups is 1. The zero-order valence-electron chi connectivity index (χ0n) is 10.1. The number of alkyl halides is 1. The summed E-state index contributed by atoms with van der Waals surface area (Å²) in [5.74, 6) is 0.374. The van der Waals surface area contributed by atoms with E-state index in [1.165, 1.54) is 16.7 Å². The van der Waals surface area contributed by atoms with Crippen LogP contribution in [0.4, 0.5) is 0 Å². The second kappa shape index (κ2) is 6.85. The summed E-state index contributed by atoms with van der Waals surface area (Å²) in [7, 11) is 0. The van der Waals surface area contributed by atoms with Crippen LogP contribution in [0.25, 0.3) is 0 Å². The lowest BCUT2D eigenvalue weighted by atomic mass is 10.0. The fourth-order valence-corrected chi connectivity index (χ4v) is 2.17. The fourth-order valence-electron chi connectivity index (χ4n) is 1.89. The van der Waals surface area contributed by atoms with Gasteiger partial charge >= 0.3 is 0 Å². The third-order valence-corrected chi connectivity index (χ3v) is 3.12. The normalized spacial score (nSPS) is 10.4. The molecule has 0 atom stereocenters. The highest BCUT2D eigenvalue weighted by atomic mass is 79.9. The fraction of sp³-hybridized carbons (Fsp3) is 0.500. The van der Waals surface area contributed by atoms with Crippen molar-refractivity contribution in [2.24, 2.45) is 0 Å². The van der Waals surface area contributed by atoms with E-state index in [0.717, 1.165) is 18.2 Å². The molecule has 0 N–H and O–H groups in total. The highest BCUT2D eigenvalue weighted by Gasteiger charge is 2.03. The summed E-state index contributed by atoms with van der Waals surface area (Å²) in [6.45, 7) is 4.20. The van der Waals surface area contributed by atoms with E-state index in [0.29, 0.717) is 18.6 Å². The van der Waals surface area contributed by atoms with E-state index in [4.69, 9.17) is 0 Å². The third kappa shape index (κ3) is 4.93. The van der Waals surface area contributed by atoms with E-state index in [1.807, 2.05) is 0 Å². The van der Waals surface area contributed by atoms with Crippen molar-refractivity contribution in [3.05, 3.63) is 34.9 Å². The van der Waals surface area contributed by atoms with E-state index in [2.05, 4.69) is 48.0 Å². The topological polar surface area (TPSA) is 17.1 Å². The molecule has 0 spiro atoms. The summed E-state index contributed by atoms with van der Waals surface area (Å²) in [6.07, 6.45) is 3.21. The van der Waals surface area contributed by atoms with Crippen molar-refractivity contribution in [2.45, 2.75) is 39.5 Å². The molecule has 0 saturated carbocycles. The number of rotatable bonds is 6. The summed E-state index contributed by atoms with van der Waals surface area (Å²) in [5, 5.41) is 0.919. The minimum atomic E-state index is 0.374. The van der Waals surface area contributed by atoms with Gasteiger partial charge < -0.3 is 0 Å². The van der Waals surface area contributed by atoms with E-state index in [9.17, 15) is 4.79 Å². The molecule has 0 aliphatic heterocycles. The molecule has 2 heteroatoms. The maximum Gasteiger partial charge on any atom is 0.133 e. The maximum atomic E-state index is 11.5. The Morgan fingerprint density at radius 1 is 1.12 bits per heavy atom. The Bertz CT molecular complexity index is 338. The average Bonchev–Trinajstić information content (AvgIpc) is 2.22. The Morgan fingerprint density at radius 3 is 2.31 bits per heavy atom. The van der Waals surface area contributed by atoms with Crippen LogP contribution < -0.4 is 0 Å². The predicted molar refractivity (Wildman–Crippen MR) is 72.3 cm³/mol. The van der Waals surface area contributed by atoms with E-state index in [1.54, 1.807) is 0 Å². The van der Waals surface area contributed by atoms with Crippen molar-refractivity contribution < 1.29 is 4.79 Å². The second-order valence-corrected chi connectivity index (χ2v) is 5.12. The van der Waals surface area contributed by atoms with Crippen LogP contribution in [0.1, 0.15) is 36.0 Å². The van der Waals surface area contributed by atoms with Gasteiger partial charge in [0, 0.05) is 18.2 Å². The average molecular weight is 283 g/mol. The lowest BCUT2D eigenvalue weighted by molar-refractivity contribution is -0.119. The lowest BCUT2D eigenvalue weighted by Crippen LogP contribution is -2.00. The van der Waals surface area contributed by atoms with Gasteiger partial charge in [0.25, 0.3) is 0 Å². The quantitative estimate of drug-likeness (QED) is 0.722. The van der Waals surface area contributed by atoms with E-state index in [-0.39, 0.29) is 0 Å². The molecule has 0 aliphatic rings. The molecule has 1 rings (SSSR count). The van der Waals surface area contributed by atoms with Crippen molar-refractivity contribution >= 4 is 21.7 Å². The number of carbonyl (C=O) groups excluding carboxylic acids is 1. The summed E-state index contributed by atoms with van der Waals surface area (Å²) < 4.78 is 0. The van der Waals surface area contributed by atoms with Gasteiger partial charge in [-0.3, -0.25) is 4.79 Å². The summed E-state index contributed by atoms with van der Waals surface area (Å²) >= 11 is 3.34. The molecule has 16 heavy (non-hydrogen) atoms. The lowest BCUT2D eigenvalue weighted by Gasteiger charge is -2.04. The predicted octanol–water partition coefficient (Wildman–Crippen LogP) is 3.98. The molecular weight excluding hydrogens is 264 g/mol. The first-order valence-corrected chi connectivity index (χ1v) is 6.89. The molecule has 0 aliphatic carbocycles. The number of hydrogen-bond donors (Lipinski definition) is 0. The minimum Gasteiger partial charge on any atom is -0.300 e. The number of halogens is 1. The second-order valence-electron chi connectivity index (χ2n) is 4.33. The van der Waals surface area contributed by atoms with Crippen LogP contribution in [0.15, 0.2) is 18.2 Å². The molecule has 0 unspecified atom stereocenters. The van der Waals surface area contributed by atoms with Crippen molar-refractivity contribution in [1.29, 1.82) is 0 Å². The van der Waals surface area contributed by atoms with Crippen molar-refractivity contribution in [3.8, 4) is 0 Å². The Labute approximate surface area is 106 Å². The third-order valence-electron chi connectivity index (χ3n) is 2.56. The minimum absolute atomic E-state index is 0.374. The van der Waals surface area contributed by atoms with Crippen LogP contribution in [0.2, 0.25) is 0 Å². The molecule has 0 fully saturated rings. The van der Waals surface area contributed by atoms with Gasteiger partial charge in [0.15, 0.2) is 0 Å². The van der Waals surface area contributed by atoms with E-state index >= 15 is 0 Å². The largest absolute Gasteiger partial charge is 0.300 e. The van der Waals surface area contributed by atoms with Crippen LogP contribution >= 0.6 is 15.9 Å². The van der Waals surface area contributed by atoms with Gasteiger partial charge in [0.2, 0.25) is 0 Å². The van der Waals surface area contributed by atoms with Crippen molar-refractivity contribution in [3.63, 3.8) is 0 Å². The number of hydrogen-bond acceptors (Lipinski definition) is 1. The molecule has 1 aromatic carbocycles. The SMILES string of the molecule is Cc1cc(C)cc(CCC(=O)CCCBr)c1. The van der Waals surface area contributed by atoms with Crippen LogP contribution in [-0.4, -0.2) is 11.1 Å². The van der Waals surface area contributed by atoms with Gasteiger partial charge in [0.05, 0.1) is 0 Å². The number of aryl methyl sites for hydroxylation is 3. The molecule has 88 valence electrons. The van der Waals surface area contributed by atoms with Gasteiger partial charge in [-0.2, -0.15) is 0 Å². The number of benzene rings is 1. The van der Waals surface area contributed by atoms with Gasteiger partial charge in [-0.25, -0.2) is 0 Å². The number of ketones is 1. The summed E-state index contributed by atoms with van der Waals surface area (Å²) in [4.78, 5) is 11.5. The van der Waals surface area contributed by atoms with Crippen LogP contribution in [-0.2, 0) is 11.2 Å². The molecule has 0 heterocycles. The Morgan fingerprint density at radius 2 is 1.75 bits per heavy atom. The number of Topliss-reactive ketones (excluding diaryl/α,β-unsaturated/α-hetero) is 1. The highest BCUT2D eigenvalue weighted by molar-refractivity contribution is 9.09. The van der Waals surface area contributed by atoms with Crippen molar-refractivity contribution in [2.75, 3.05) is 5.33 Å². The summed E-state index contributed by atoms with van der Waals surface area (Å²) in [5.41, 5.74) is 3.84. The molecule has 0 amide bonds. The zero-order valence-corrected chi connectivity index (χ0v) is 11.6. The summed E-state index contributed by atoms with van der Waals surface area (Å²) in [6, 6.07) is 6.51. The molecule has 1 nitrogen and oxygen atoms in total. The highest BCUT2D eigenvalue weighted by Crippen LogP contribution is 2.11. The van der Waals surface area contributed by atoms with Gasteiger partial charge in [-0.05, 0) is 32.3 Å². The molecule has 0 bridgehead atoms. The Balaban J connectivity index is 2.45. The van der Waals surface area contributed by atoms with Gasteiger partial charge in [0.1, 0.15) is 5.78 Å². The molecule has 1 aromatic rings. The molecule has 0 saturated heterocycles.